The first-order valence-corrected chi connectivity index (χ1v) is 5.74. The van der Waals surface area contributed by atoms with Gasteiger partial charge in [-0.15, -0.1) is 0 Å². The van der Waals surface area contributed by atoms with Crippen LogP contribution < -0.4 is 0 Å². The van der Waals surface area contributed by atoms with Crippen LogP contribution in [0.2, 0.25) is 0 Å². The number of aliphatic hydroxyl groups is 1. The van der Waals surface area contributed by atoms with E-state index in [1.807, 2.05) is 6.92 Å². The van der Waals surface area contributed by atoms with Crippen LogP contribution in [0.15, 0.2) is 0 Å². The van der Waals surface area contributed by atoms with Crippen LogP contribution in [-0.2, 0) is 4.74 Å². The van der Waals surface area contributed by atoms with Crippen molar-refractivity contribution in [2.24, 2.45) is 0 Å². The Morgan fingerprint density at radius 1 is 1.43 bits per heavy atom. The third-order valence-corrected chi connectivity index (χ3v) is 3.10. The largest absolute Gasteiger partial charge is 0.395 e. The fourth-order valence-electron chi connectivity index (χ4n) is 2.25. The van der Waals surface area contributed by atoms with Crippen molar-refractivity contribution < 1.29 is 9.84 Å². The average Bonchev–Trinajstić information content (AvgIpc) is 2.20. The van der Waals surface area contributed by atoms with Crippen molar-refractivity contribution in [3.8, 4) is 0 Å². The molecule has 3 nitrogen and oxygen atoms in total. The Labute approximate surface area is 87.1 Å². The summed E-state index contributed by atoms with van der Waals surface area (Å²) in [7, 11) is 0. The summed E-state index contributed by atoms with van der Waals surface area (Å²) in [5, 5.41) is 9.25. The van der Waals surface area contributed by atoms with Crippen molar-refractivity contribution >= 4 is 0 Å². The highest BCUT2D eigenvalue weighted by Crippen LogP contribution is 2.21. The maximum absolute atomic E-state index is 9.25. The zero-order valence-corrected chi connectivity index (χ0v) is 9.41. The quantitative estimate of drug-likeness (QED) is 0.680. The third kappa shape index (κ3) is 3.23. The van der Waals surface area contributed by atoms with E-state index in [-0.39, 0.29) is 6.61 Å². The molecule has 0 amide bonds. The lowest BCUT2D eigenvalue weighted by molar-refractivity contribution is 0.0233. The molecule has 0 aromatic heterocycles. The van der Waals surface area contributed by atoms with E-state index < -0.39 is 0 Å². The molecule has 1 N–H and O–H groups in total. The number of aliphatic hydroxyl groups excluding tert-OH is 1. The van der Waals surface area contributed by atoms with Gasteiger partial charge in [0.1, 0.15) is 0 Å². The SMILES string of the molecule is CCOCCN1C(C)CCCC1CO. The van der Waals surface area contributed by atoms with E-state index in [2.05, 4.69) is 11.8 Å². The molecule has 84 valence electrons. The maximum Gasteiger partial charge on any atom is 0.0593 e. The molecule has 1 aliphatic heterocycles. The summed E-state index contributed by atoms with van der Waals surface area (Å²) in [5.41, 5.74) is 0. The number of piperidine rings is 1. The smallest absolute Gasteiger partial charge is 0.0593 e. The van der Waals surface area contributed by atoms with Crippen LogP contribution in [0.25, 0.3) is 0 Å². The van der Waals surface area contributed by atoms with E-state index >= 15 is 0 Å². The molecule has 0 saturated carbocycles. The average molecular weight is 201 g/mol. The highest BCUT2D eigenvalue weighted by Gasteiger charge is 2.26. The Kier molecular flexibility index (Phi) is 5.45. The molecule has 1 rings (SSSR count). The number of nitrogens with zero attached hydrogens (tertiary/aromatic N) is 1. The van der Waals surface area contributed by atoms with E-state index in [0.29, 0.717) is 12.1 Å². The van der Waals surface area contributed by atoms with Gasteiger partial charge in [0.05, 0.1) is 13.2 Å². The molecule has 1 saturated heterocycles. The van der Waals surface area contributed by atoms with Crippen LogP contribution in [0.4, 0.5) is 0 Å². The fourth-order valence-corrected chi connectivity index (χ4v) is 2.25. The second-order valence-corrected chi connectivity index (χ2v) is 4.05. The first kappa shape index (κ1) is 12.0. The van der Waals surface area contributed by atoms with Gasteiger partial charge in [0.2, 0.25) is 0 Å². The van der Waals surface area contributed by atoms with Crippen molar-refractivity contribution in [2.75, 3.05) is 26.4 Å². The van der Waals surface area contributed by atoms with Gasteiger partial charge in [0.25, 0.3) is 0 Å². The van der Waals surface area contributed by atoms with Crippen LogP contribution >= 0.6 is 0 Å². The van der Waals surface area contributed by atoms with Gasteiger partial charge in [0, 0.05) is 25.2 Å². The minimum absolute atomic E-state index is 0.288. The zero-order valence-electron chi connectivity index (χ0n) is 9.41. The minimum atomic E-state index is 0.288. The molecular weight excluding hydrogens is 178 g/mol. The number of likely N-dealkylation sites (tertiary alicyclic amines) is 1. The Balaban J connectivity index is 2.34. The molecule has 1 aliphatic rings. The van der Waals surface area contributed by atoms with E-state index in [1.54, 1.807) is 0 Å². The normalized spacial score (nSPS) is 29.4. The van der Waals surface area contributed by atoms with Crippen LogP contribution in [0.1, 0.15) is 33.1 Å². The molecule has 0 aromatic carbocycles. The third-order valence-electron chi connectivity index (χ3n) is 3.10. The van der Waals surface area contributed by atoms with Gasteiger partial charge in [-0.3, -0.25) is 4.90 Å². The first-order valence-electron chi connectivity index (χ1n) is 5.74. The lowest BCUT2D eigenvalue weighted by atomic mass is 9.97. The lowest BCUT2D eigenvalue weighted by Crippen LogP contribution is -2.48. The van der Waals surface area contributed by atoms with Crippen LogP contribution in [0, 0.1) is 0 Å². The van der Waals surface area contributed by atoms with E-state index in [9.17, 15) is 5.11 Å². The molecule has 0 spiro atoms. The molecule has 0 bridgehead atoms. The summed E-state index contributed by atoms with van der Waals surface area (Å²) < 4.78 is 5.35. The van der Waals surface area contributed by atoms with Crippen molar-refractivity contribution in [3.63, 3.8) is 0 Å². The number of ether oxygens (including phenoxy) is 1. The van der Waals surface area contributed by atoms with Crippen molar-refractivity contribution in [3.05, 3.63) is 0 Å². The predicted octanol–water partition coefficient (Wildman–Crippen LogP) is 1.26. The van der Waals surface area contributed by atoms with E-state index in [1.165, 1.54) is 12.8 Å². The number of hydrogen-bond donors (Lipinski definition) is 1. The summed E-state index contributed by atoms with van der Waals surface area (Å²) in [6.45, 7) is 7.08. The van der Waals surface area contributed by atoms with E-state index in [4.69, 9.17) is 4.74 Å². The van der Waals surface area contributed by atoms with Crippen molar-refractivity contribution in [2.45, 2.75) is 45.2 Å². The lowest BCUT2D eigenvalue weighted by Gasteiger charge is -2.39. The Morgan fingerprint density at radius 3 is 2.86 bits per heavy atom. The number of rotatable bonds is 5. The summed E-state index contributed by atoms with van der Waals surface area (Å²) in [4.78, 5) is 2.39. The first-order chi connectivity index (χ1) is 6.79. The summed E-state index contributed by atoms with van der Waals surface area (Å²) in [5.74, 6) is 0. The standard InChI is InChI=1S/C11H23NO2/c1-3-14-8-7-12-10(2)5-4-6-11(12)9-13/h10-11,13H,3-9H2,1-2H3. The summed E-state index contributed by atoms with van der Waals surface area (Å²) in [6.07, 6.45) is 3.63. The number of hydrogen-bond acceptors (Lipinski definition) is 3. The second-order valence-electron chi connectivity index (χ2n) is 4.05. The predicted molar refractivity (Wildman–Crippen MR) is 57.4 cm³/mol. The van der Waals surface area contributed by atoms with Gasteiger partial charge in [-0.1, -0.05) is 6.42 Å². The summed E-state index contributed by atoms with van der Waals surface area (Å²) >= 11 is 0. The molecule has 2 unspecified atom stereocenters. The minimum Gasteiger partial charge on any atom is -0.395 e. The summed E-state index contributed by atoms with van der Waals surface area (Å²) in [6, 6.07) is 0.959. The molecular formula is C11H23NO2. The molecule has 0 aliphatic carbocycles. The van der Waals surface area contributed by atoms with Gasteiger partial charge < -0.3 is 9.84 Å². The molecule has 1 fully saturated rings. The van der Waals surface area contributed by atoms with Gasteiger partial charge in [-0.25, -0.2) is 0 Å². The molecule has 0 radical (unpaired) electrons. The topological polar surface area (TPSA) is 32.7 Å². The van der Waals surface area contributed by atoms with E-state index in [0.717, 1.165) is 26.2 Å². The molecule has 1 heterocycles. The van der Waals surface area contributed by atoms with Crippen LogP contribution in [0.5, 0.6) is 0 Å². The van der Waals surface area contributed by atoms with Crippen LogP contribution in [-0.4, -0.2) is 48.5 Å². The van der Waals surface area contributed by atoms with Gasteiger partial charge in [0.15, 0.2) is 0 Å². The zero-order chi connectivity index (χ0) is 10.4. The Morgan fingerprint density at radius 2 is 2.21 bits per heavy atom. The van der Waals surface area contributed by atoms with Gasteiger partial charge >= 0.3 is 0 Å². The maximum atomic E-state index is 9.25. The molecule has 14 heavy (non-hydrogen) atoms. The van der Waals surface area contributed by atoms with Crippen molar-refractivity contribution in [1.82, 2.24) is 4.90 Å². The molecule has 2 atom stereocenters. The molecule has 3 heteroatoms. The highest BCUT2D eigenvalue weighted by atomic mass is 16.5. The van der Waals surface area contributed by atoms with Crippen LogP contribution in [0.3, 0.4) is 0 Å². The monoisotopic (exact) mass is 201 g/mol. The van der Waals surface area contributed by atoms with Crippen molar-refractivity contribution in [1.29, 1.82) is 0 Å². The Bertz CT molecular complexity index is 152. The van der Waals surface area contributed by atoms with Gasteiger partial charge in [-0.2, -0.15) is 0 Å². The molecule has 0 aromatic rings. The fraction of sp³-hybridized carbons (Fsp3) is 1.00. The Hall–Kier alpha value is -0.120. The highest BCUT2D eigenvalue weighted by molar-refractivity contribution is 4.81. The second kappa shape index (κ2) is 6.38. The van der Waals surface area contributed by atoms with Gasteiger partial charge in [-0.05, 0) is 26.7 Å².